The van der Waals surface area contributed by atoms with E-state index >= 15 is 0 Å². The molecule has 0 unspecified atom stereocenters. The van der Waals surface area contributed by atoms with Crippen LogP contribution in [0.15, 0.2) is 17.2 Å². The van der Waals surface area contributed by atoms with Crippen LogP contribution in [0, 0.1) is 0 Å². The van der Waals surface area contributed by atoms with E-state index in [4.69, 9.17) is 0 Å². The number of nitrogens with zero attached hydrogens (tertiary/aromatic N) is 5. The van der Waals surface area contributed by atoms with Crippen molar-refractivity contribution in [1.82, 2.24) is 30.2 Å². The number of aromatic nitrogens is 6. The maximum Gasteiger partial charge on any atom is 0.293 e. The summed E-state index contributed by atoms with van der Waals surface area (Å²) < 4.78 is 1.62. The van der Waals surface area contributed by atoms with Gasteiger partial charge in [0.15, 0.2) is 11.6 Å². The number of anilines is 1. The van der Waals surface area contributed by atoms with Gasteiger partial charge in [0.05, 0.1) is 6.54 Å². The smallest absolute Gasteiger partial charge is 0.293 e. The Morgan fingerprint density at radius 3 is 2.83 bits per heavy atom. The highest BCUT2D eigenvalue weighted by molar-refractivity contribution is 5.31. The van der Waals surface area contributed by atoms with E-state index in [2.05, 4.69) is 30.9 Å². The molecule has 2 rings (SSSR count). The van der Waals surface area contributed by atoms with Crippen molar-refractivity contribution in [2.24, 2.45) is 0 Å². The van der Waals surface area contributed by atoms with E-state index in [1.54, 1.807) is 17.0 Å². The summed E-state index contributed by atoms with van der Waals surface area (Å²) in [5, 5.41) is 16.2. The number of nitrogens with one attached hydrogen (secondary N) is 2. The molecule has 0 amide bonds. The molecule has 2 heterocycles. The summed E-state index contributed by atoms with van der Waals surface area (Å²) in [6, 6.07) is 0. The number of hydrogen-bond donors (Lipinski definition) is 2. The maximum atomic E-state index is 12.1. The van der Waals surface area contributed by atoms with Gasteiger partial charge in [-0.2, -0.15) is 5.21 Å². The highest BCUT2D eigenvalue weighted by Crippen LogP contribution is 2.10. The molecule has 0 bridgehead atoms. The molecule has 8 nitrogen and oxygen atoms in total. The molecule has 0 saturated heterocycles. The molecule has 0 fully saturated rings. The lowest BCUT2D eigenvalue weighted by molar-refractivity contribution is 0.383. The standard InChI is InChI=1S/C10H15N7O/c1-10(2,3)17-5-4-11-8(9(17)18)12-6-7-13-15-16-14-7/h4-5H,6H2,1-3H3,(H,11,12)(H,13,14,15,16). The first-order valence-electron chi connectivity index (χ1n) is 5.53. The van der Waals surface area contributed by atoms with Gasteiger partial charge in [-0.3, -0.25) is 4.79 Å². The van der Waals surface area contributed by atoms with Crippen LogP contribution in [0.1, 0.15) is 26.6 Å². The summed E-state index contributed by atoms with van der Waals surface area (Å²) in [7, 11) is 0. The van der Waals surface area contributed by atoms with E-state index in [1.165, 1.54) is 0 Å². The van der Waals surface area contributed by atoms with Crippen LogP contribution < -0.4 is 10.9 Å². The van der Waals surface area contributed by atoms with Gasteiger partial charge >= 0.3 is 0 Å². The van der Waals surface area contributed by atoms with Gasteiger partial charge in [0.2, 0.25) is 0 Å². The highest BCUT2D eigenvalue weighted by Gasteiger charge is 2.16. The normalized spacial score (nSPS) is 11.5. The molecule has 2 aromatic heterocycles. The van der Waals surface area contributed by atoms with Crippen LogP contribution in [0.2, 0.25) is 0 Å². The molecule has 0 aliphatic carbocycles. The van der Waals surface area contributed by atoms with Crippen molar-refractivity contribution in [3.8, 4) is 0 Å². The number of rotatable bonds is 3. The van der Waals surface area contributed by atoms with Crippen molar-refractivity contribution >= 4 is 5.82 Å². The van der Waals surface area contributed by atoms with E-state index in [9.17, 15) is 4.79 Å². The van der Waals surface area contributed by atoms with Crippen LogP contribution in [0.25, 0.3) is 0 Å². The molecule has 0 spiro atoms. The number of H-pyrrole nitrogens is 1. The molecule has 2 aromatic rings. The summed E-state index contributed by atoms with van der Waals surface area (Å²) >= 11 is 0. The second-order valence-electron chi connectivity index (χ2n) is 4.80. The van der Waals surface area contributed by atoms with Crippen molar-refractivity contribution in [3.05, 3.63) is 28.6 Å². The predicted molar refractivity (Wildman–Crippen MR) is 65.0 cm³/mol. The fraction of sp³-hybridized carbons (Fsp3) is 0.500. The Kier molecular flexibility index (Phi) is 3.09. The zero-order valence-corrected chi connectivity index (χ0v) is 10.5. The minimum Gasteiger partial charge on any atom is -0.358 e. The second-order valence-corrected chi connectivity index (χ2v) is 4.80. The largest absolute Gasteiger partial charge is 0.358 e. The fourth-order valence-corrected chi connectivity index (χ4v) is 1.48. The summed E-state index contributed by atoms with van der Waals surface area (Å²) in [6.45, 7) is 6.17. The van der Waals surface area contributed by atoms with Crippen LogP contribution >= 0.6 is 0 Å². The fourth-order valence-electron chi connectivity index (χ4n) is 1.48. The number of hydrogen-bond acceptors (Lipinski definition) is 6. The average molecular weight is 249 g/mol. The summed E-state index contributed by atoms with van der Waals surface area (Å²) in [4.78, 5) is 16.2. The number of tetrazole rings is 1. The minimum atomic E-state index is -0.289. The van der Waals surface area contributed by atoms with E-state index in [0.717, 1.165) is 0 Å². The Morgan fingerprint density at radius 2 is 2.22 bits per heavy atom. The third-order valence-corrected chi connectivity index (χ3v) is 2.37. The van der Waals surface area contributed by atoms with Crippen LogP contribution in [0.4, 0.5) is 5.82 Å². The van der Waals surface area contributed by atoms with Crippen LogP contribution in [0.5, 0.6) is 0 Å². The van der Waals surface area contributed by atoms with Crippen molar-refractivity contribution < 1.29 is 0 Å². The van der Waals surface area contributed by atoms with E-state index < -0.39 is 0 Å². The van der Waals surface area contributed by atoms with Gasteiger partial charge < -0.3 is 9.88 Å². The molecule has 2 N–H and O–H groups in total. The first kappa shape index (κ1) is 12.2. The molecule has 0 aliphatic heterocycles. The van der Waals surface area contributed by atoms with Gasteiger partial charge in [0.25, 0.3) is 5.56 Å². The molecule has 18 heavy (non-hydrogen) atoms. The monoisotopic (exact) mass is 249 g/mol. The summed E-state index contributed by atoms with van der Waals surface area (Å²) in [6.07, 6.45) is 3.26. The molecule has 0 atom stereocenters. The van der Waals surface area contributed by atoms with Gasteiger partial charge in [0.1, 0.15) is 0 Å². The van der Waals surface area contributed by atoms with Gasteiger partial charge in [-0.15, -0.1) is 10.2 Å². The summed E-state index contributed by atoms with van der Waals surface area (Å²) in [5.74, 6) is 0.750. The Balaban J connectivity index is 2.22. The Bertz CT molecular complexity index is 567. The van der Waals surface area contributed by atoms with Crippen molar-refractivity contribution in [2.75, 3.05) is 5.32 Å². The second kappa shape index (κ2) is 4.55. The zero-order chi connectivity index (χ0) is 13.2. The first-order chi connectivity index (χ1) is 8.48. The molecule has 96 valence electrons. The van der Waals surface area contributed by atoms with Gasteiger partial charge in [-0.05, 0) is 20.8 Å². The highest BCUT2D eigenvalue weighted by atomic mass is 16.1. The predicted octanol–water partition coefficient (Wildman–Crippen LogP) is 0.124. The minimum absolute atomic E-state index is 0.173. The van der Waals surface area contributed by atoms with Gasteiger partial charge in [0, 0.05) is 17.9 Å². The Morgan fingerprint density at radius 1 is 1.44 bits per heavy atom. The Hall–Kier alpha value is -2.25. The maximum absolute atomic E-state index is 12.1. The van der Waals surface area contributed by atoms with Gasteiger partial charge in [-0.25, -0.2) is 4.98 Å². The number of aromatic amines is 1. The summed E-state index contributed by atoms with van der Waals surface area (Å²) in [5.41, 5.74) is -0.462. The van der Waals surface area contributed by atoms with E-state index in [0.29, 0.717) is 12.4 Å². The van der Waals surface area contributed by atoms with E-state index in [-0.39, 0.29) is 16.9 Å². The third-order valence-electron chi connectivity index (χ3n) is 2.37. The quantitative estimate of drug-likeness (QED) is 0.801. The molecule has 0 radical (unpaired) electrons. The van der Waals surface area contributed by atoms with Crippen LogP contribution in [0.3, 0.4) is 0 Å². The zero-order valence-electron chi connectivity index (χ0n) is 10.5. The topological polar surface area (TPSA) is 101 Å². The SMILES string of the molecule is CC(C)(C)n1ccnc(NCc2nn[nH]n2)c1=O. The van der Waals surface area contributed by atoms with Crippen LogP contribution in [-0.4, -0.2) is 30.2 Å². The van der Waals surface area contributed by atoms with E-state index in [1.807, 2.05) is 20.8 Å². The van der Waals surface area contributed by atoms with Gasteiger partial charge in [-0.1, -0.05) is 5.21 Å². The lowest BCUT2D eigenvalue weighted by Gasteiger charge is -2.22. The third kappa shape index (κ3) is 2.53. The molecular weight excluding hydrogens is 234 g/mol. The Labute approximate surface area is 103 Å². The molecule has 0 aromatic carbocycles. The van der Waals surface area contributed by atoms with Crippen LogP contribution in [-0.2, 0) is 12.1 Å². The molecule has 0 saturated carbocycles. The lowest BCUT2D eigenvalue weighted by atomic mass is 10.1. The lowest BCUT2D eigenvalue weighted by Crippen LogP contribution is -2.35. The van der Waals surface area contributed by atoms with Crippen molar-refractivity contribution in [3.63, 3.8) is 0 Å². The van der Waals surface area contributed by atoms with Crippen molar-refractivity contribution in [1.29, 1.82) is 0 Å². The molecule has 0 aliphatic rings. The molecular formula is C10H15N7O. The van der Waals surface area contributed by atoms with Crippen molar-refractivity contribution in [2.45, 2.75) is 32.9 Å². The average Bonchev–Trinajstić information content (AvgIpc) is 2.79. The molecule has 8 heteroatoms. The first-order valence-corrected chi connectivity index (χ1v) is 5.53.